The molecule has 1 aromatic heterocycles. The lowest BCUT2D eigenvalue weighted by Crippen LogP contribution is -1.99. The van der Waals surface area contributed by atoms with Gasteiger partial charge < -0.3 is 4.57 Å². The molecule has 0 spiro atoms. The third-order valence-corrected chi connectivity index (χ3v) is 3.32. The molecule has 0 saturated heterocycles. The number of imidazole rings is 1. The zero-order chi connectivity index (χ0) is 11.8. The summed E-state index contributed by atoms with van der Waals surface area (Å²) in [5, 5.41) is 0. The van der Waals surface area contributed by atoms with E-state index < -0.39 is 0 Å². The number of ketones is 1. The maximum atomic E-state index is 11.2. The third kappa shape index (κ3) is 1.78. The van der Waals surface area contributed by atoms with E-state index in [0.717, 1.165) is 29.7 Å². The van der Waals surface area contributed by atoms with E-state index >= 15 is 0 Å². The second kappa shape index (κ2) is 3.84. The number of carbonyl (C=O) groups excluding carboxylic acids is 1. The molecular formula is C14H14N2O. The monoisotopic (exact) mass is 226 g/mol. The molecule has 0 bridgehead atoms. The van der Waals surface area contributed by atoms with Crippen LogP contribution in [0.15, 0.2) is 35.9 Å². The van der Waals surface area contributed by atoms with E-state index in [1.54, 1.807) is 6.08 Å². The lowest BCUT2D eigenvalue weighted by molar-refractivity contribution is -0.114. The predicted octanol–water partition coefficient (Wildman–Crippen LogP) is 2.41. The number of para-hydroxylation sites is 2. The van der Waals surface area contributed by atoms with Gasteiger partial charge in [0.25, 0.3) is 0 Å². The highest BCUT2D eigenvalue weighted by molar-refractivity contribution is 5.93. The summed E-state index contributed by atoms with van der Waals surface area (Å²) in [5.74, 6) is 1.28. The van der Waals surface area contributed by atoms with Gasteiger partial charge in [-0.05, 0) is 24.6 Å². The van der Waals surface area contributed by atoms with Crippen molar-refractivity contribution < 1.29 is 4.79 Å². The van der Waals surface area contributed by atoms with Gasteiger partial charge in [-0.15, -0.1) is 0 Å². The molecule has 3 rings (SSSR count). The molecule has 0 N–H and O–H groups in total. The van der Waals surface area contributed by atoms with Crippen LogP contribution in [0.4, 0.5) is 0 Å². The molecule has 86 valence electrons. The van der Waals surface area contributed by atoms with Crippen LogP contribution in [0.25, 0.3) is 11.0 Å². The fourth-order valence-corrected chi connectivity index (χ4v) is 2.35. The molecule has 1 aliphatic carbocycles. The van der Waals surface area contributed by atoms with Crippen molar-refractivity contribution >= 4 is 16.8 Å². The van der Waals surface area contributed by atoms with E-state index in [-0.39, 0.29) is 5.78 Å². The van der Waals surface area contributed by atoms with Crippen LogP contribution in [0.2, 0.25) is 0 Å². The van der Waals surface area contributed by atoms with Crippen molar-refractivity contribution in [2.24, 2.45) is 7.05 Å². The van der Waals surface area contributed by atoms with Gasteiger partial charge in [-0.2, -0.15) is 0 Å². The molecule has 17 heavy (non-hydrogen) atoms. The number of benzene rings is 1. The summed E-state index contributed by atoms with van der Waals surface area (Å²) in [6.07, 6.45) is 4.12. The first-order valence-corrected chi connectivity index (χ1v) is 5.86. The fraction of sp³-hybridized carbons (Fsp3) is 0.286. The zero-order valence-electron chi connectivity index (χ0n) is 9.81. The summed E-state index contributed by atoms with van der Waals surface area (Å²) >= 11 is 0. The minimum atomic E-state index is 0.249. The van der Waals surface area contributed by atoms with E-state index in [2.05, 4.69) is 15.6 Å². The second-order valence-corrected chi connectivity index (χ2v) is 4.52. The number of allylic oxidation sites excluding steroid dienone is 2. The Morgan fingerprint density at radius 1 is 1.29 bits per heavy atom. The van der Waals surface area contributed by atoms with Crippen molar-refractivity contribution in [3.05, 3.63) is 41.7 Å². The van der Waals surface area contributed by atoms with Gasteiger partial charge in [0.05, 0.1) is 11.0 Å². The summed E-state index contributed by atoms with van der Waals surface area (Å²) in [5.41, 5.74) is 3.37. The molecule has 0 atom stereocenters. The van der Waals surface area contributed by atoms with Crippen molar-refractivity contribution in [2.45, 2.75) is 19.3 Å². The predicted molar refractivity (Wildman–Crippen MR) is 66.7 cm³/mol. The molecule has 0 saturated carbocycles. The highest BCUT2D eigenvalue weighted by Gasteiger charge is 2.15. The zero-order valence-corrected chi connectivity index (χ0v) is 9.81. The first-order valence-electron chi connectivity index (χ1n) is 5.86. The largest absolute Gasteiger partial charge is 0.331 e. The van der Waals surface area contributed by atoms with Gasteiger partial charge in [-0.25, -0.2) is 4.98 Å². The summed E-state index contributed by atoms with van der Waals surface area (Å²) in [6, 6.07) is 8.11. The average molecular weight is 226 g/mol. The van der Waals surface area contributed by atoms with Crippen molar-refractivity contribution in [1.29, 1.82) is 0 Å². The van der Waals surface area contributed by atoms with Gasteiger partial charge in [0.1, 0.15) is 5.82 Å². The minimum absolute atomic E-state index is 0.249. The summed E-state index contributed by atoms with van der Waals surface area (Å²) < 4.78 is 2.11. The van der Waals surface area contributed by atoms with Crippen LogP contribution in [0.1, 0.15) is 18.7 Å². The first kappa shape index (κ1) is 10.3. The fourth-order valence-electron chi connectivity index (χ4n) is 2.35. The number of carbonyl (C=O) groups is 1. The van der Waals surface area contributed by atoms with Crippen molar-refractivity contribution in [2.75, 3.05) is 0 Å². The Labute approximate surface area is 99.8 Å². The molecule has 2 aromatic rings. The number of hydrogen-bond acceptors (Lipinski definition) is 2. The highest BCUT2D eigenvalue weighted by atomic mass is 16.1. The van der Waals surface area contributed by atoms with Crippen LogP contribution in [-0.4, -0.2) is 15.3 Å². The van der Waals surface area contributed by atoms with Crippen LogP contribution in [0, 0.1) is 0 Å². The molecule has 0 unspecified atom stereocenters. The molecular weight excluding hydrogens is 212 g/mol. The van der Waals surface area contributed by atoms with Gasteiger partial charge in [0.15, 0.2) is 5.78 Å². The molecule has 1 heterocycles. The van der Waals surface area contributed by atoms with Crippen molar-refractivity contribution in [1.82, 2.24) is 9.55 Å². The summed E-state index contributed by atoms with van der Waals surface area (Å²) in [6.45, 7) is 0. The van der Waals surface area contributed by atoms with Gasteiger partial charge in [0.2, 0.25) is 0 Å². The Bertz CT molecular complexity index is 622. The van der Waals surface area contributed by atoms with E-state index in [0.29, 0.717) is 6.42 Å². The second-order valence-electron chi connectivity index (χ2n) is 4.52. The normalized spacial score (nSPS) is 15.6. The highest BCUT2D eigenvalue weighted by Crippen LogP contribution is 2.21. The molecule has 0 radical (unpaired) electrons. The first-order chi connectivity index (χ1) is 8.24. The molecule has 3 nitrogen and oxygen atoms in total. The smallest absolute Gasteiger partial charge is 0.155 e. The Kier molecular flexibility index (Phi) is 2.32. The quantitative estimate of drug-likeness (QED) is 0.788. The van der Waals surface area contributed by atoms with Crippen LogP contribution in [-0.2, 0) is 18.3 Å². The lowest BCUT2D eigenvalue weighted by Gasteiger charge is -2.02. The SMILES string of the molecule is Cn1c(CC2=CC(=O)CC2)nc2ccccc21. The van der Waals surface area contributed by atoms with E-state index in [9.17, 15) is 4.79 Å². The molecule has 0 fully saturated rings. The molecule has 1 aromatic carbocycles. The maximum Gasteiger partial charge on any atom is 0.155 e. The molecule has 1 aliphatic rings. The number of aryl methyl sites for hydroxylation is 1. The van der Waals surface area contributed by atoms with Crippen LogP contribution in [0.3, 0.4) is 0 Å². The number of rotatable bonds is 2. The Morgan fingerprint density at radius 2 is 2.12 bits per heavy atom. The average Bonchev–Trinajstić information content (AvgIpc) is 2.86. The Hall–Kier alpha value is -1.90. The van der Waals surface area contributed by atoms with E-state index in [1.165, 1.54) is 5.57 Å². The number of hydrogen-bond donors (Lipinski definition) is 0. The van der Waals surface area contributed by atoms with Crippen LogP contribution >= 0.6 is 0 Å². The molecule has 3 heteroatoms. The lowest BCUT2D eigenvalue weighted by atomic mass is 10.1. The number of fused-ring (bicyclic) bond motifs is 1. The summed E-state index contributed by atoms with van der Waals surface area (Å²) in [4.78, 5) is 15.8. The van der Waals surface area contributed by atoms with Crippen LogP contribution in [0.5, 0.6) is 0 Å². The van der Waals surface area contributed by atoms with Gasteiger partial charge in [-0.1, -0.05) is 17.7 Å². The van der Waals surface area contributed by atoms with Crippen LogP contribution < -0.4 is 0 Å². The van der Waals surface area contributed by atoms with Gasteiger partial charge in [-0.3, -0.25) is 4.79 Å². The number of aromatic nitrogens is 2. The van der Waals surface area contributed by atoms with Gasteiger partial charge >= 0.3 is 0 Å². The Balaban J connectivity index is 1.98. The summed E-state index contributed by atoms with van der Waals surface area (Å²) in [7, 11) is 2.03. The van der Waals surface area contributed by atoms with E-state index in [1.807, 2.05) is 25.2 Å². The maximum absolute atomic E-state index is 11.2. The van der Waals surface area contributed by atoms with Crippen molar-refractivity contribution in [3.63, 3.8) is 0 Å². The minimum Gasteiger partial charge on any atom is -0.331 e. The van der Waals surface area contributed by atoms with Gasteiger partial charge in [0, 0.05) is 19.9 Å². The Morgan fingerprint density at radius 3 is 2.82 bits per heavy atom. The van der Waals surface area contributed by atoms with Crippen molar-refractivity contribution in [3.8, 4) is 0 Å². The van der Waals surface area contributed by atoms with E-state index in [4.69, 9.17) is 0 Å². The molecule has 0 amide bonds. The standard InChI is InChI=1S/C14H14N2O/c1-16-13-5-3-2-4-12(13)15-14(16)9-10-6-7-11(17)8-10/h2-5,8H,6-7,9H2,1H3. The topological polar surface area (TPSA) is 34.9 Å². The third-order valence-electron chi connectivity index (χ3n) is 3.32. The molecule has 0 aliphatic heterocycles. The number of nitrogens with zero attached hydrogens (tertiary/aromatic N) is 2.